The van der Waals surface area contributed by atoms with Gasteiger partial charge in [-0.3, -0.25) is 4.79 Å². The number of nitrogens with one attached hydrogen (secondary N) is 1. The van der Waals surface area contributed by atoms with Crippen LogP contribution in [0.25, 0.3) is 10.8 Å². The second-order valence-corrected chi connectivity index (χ2v) is 7.31. The number of amides is 1. The van der Waals surface area contributed by atoms with Crippen molar-refractivity contribution < 1.29 is 24.2 Å². The number of aromatic hydroxyl groups is 1. The van der Waals surface area contributed by atoms with E-state index in [9.17, 15) is 14.7 Å². The number of phenolic OH excluding ortho intramolecular Hbond substituents is 1. The molecular formula is C27H22N2O5. The van der Waals surface area contributed by atoms with E-state index in [0.29, 0.717) is 23.5 Å². The van der Waals surface area contributed by atoms with E-state index in [2.05, 4.69) is 10.5 Å². The quantitative estimate of drug-likeness (QED) is 0.179. The third-order valence-corrected chi connectivity index (χ3v) is 4.97. The molecule has 0 radical (unpaired) electrons. The van der Waals surface area contributed by atoms with E-state index < -0.39 is 11.9 Å². The van der Waals surface area contributed by atoms with E-state index in [0.717, 1.165) is 10.8 Å². The summed E-state index contributed by atoms with van der Waals surface area (Å²) in [5.41, 5.74) is 3.58. The first-order valence-electron chi connectivity index (χ1n) is 10.6. The molecule has 0 fully saturated rings. The fraction of sp³-hybridized carbons (Fsp3) is 0.0741. The van der Waals surface area contributed by atoms with Crippen molar-refractivity contribution in [2.75, 3.05) is 6.61 Å². The van der Waals surface area contributed by atoms with Crippen LogP contribution in [-0.4, -0.2) is 29.8 Å². The van der Waals surface area contributed by atoms with Crippen molar-refractivity contribution in [2.45, 2.75) is 6.92 Å². The second kappa shape index (κ2) is 10.3. The molecule has 0 saturated carbocycles. The van der Waals surface area contributed by atoms with Crippen molar-refractivity contribution in [3.8, 4) is 17.2 Å². The largest absolute Gasteiger partial charge is 0.507 e. The Morgan fingerprint density at radius 3 is 2.35 bits per heavy atom. The highest BCUT2D eigenvalue weighted by atomic mass is 16.6. The molecule has 7 nitrogen and oxygen atoms in total. The fourth-order valence-corrected chi connectivity index (χ4v) is 3.33. The first-order chi connectivity index (χ1) is 16.5. The predicted molar refractivity (Wildman–Crippen MR) is 130 cm³/mol. The lowest BCUT2D eigenvalue weighted by Crippen LogP contribution is -2.17. The molecule has 34 heavy (non-hydrogen) atoms. The Bertz CT molecular complexity index is 1370. The number of ether oxygens (including phenoxy) is 2. The average Bonchev–Trinajstić information content (AvgIpc) is 2.85. The maximum atomic E-state index is 12.5. The Labute approximate surface area is 196 Å². The molecule has 0 atom stereocenters. The molecule has 7 heteroatoms. The number of hydrogen-bond acceptors (Lipinski definition) is 6. The SMILES string of the molecule is CCOc1cc(/C=N/NC(=O)c2cc3ccccc3cc2O)ccc1OC(=O)c1ccccc1. The van der Waals surface area contributed by atoms with Crippen LogP contribution in [0.5, 0.6) is 17.2 Å². The minimum absolute atomic E-state index is 0.119. The molecule has 4 rings (SSSR count). The van der Waals surface area contributed by atoms with Crippen LogP contribution in [0.3, 0.4) is 0 Å². The summed E-state index contributed by atoms with van der Waals surface area (Å²) in [5.74, 6) is -0.523. The first kappa shape index (κ1) is 22.5. The second-order valence-electron chi connectivity index (χ2n) is 7.31. The van der Waals surface area contributed by atoms with Crippen LogP contribution in [0.4, 0.5) is 0 Å². The Morgan fingerprint density at radius 1 is 0.912 bits per heavy atom. The number of fused-ring (bicyclic) bond motifs is 1. The van der Waals surface area contributed by atoms with Crippen molar-refractivity contribution in [1.82, 2.24) is 5.43 Å². The number of hydrogen-bond donors (Lipinski definition) is 2. The molecule has 0 aliphatic rings. The highest BCUT2D eigenvalue weighted by molar-refractivity contribution is 6.01. The highest BCUT2D eigenvalue weighted by Gasteiger charge is 2.14. The average molecular weight is 454 g/mol. The lowest BCUT2D eigenvalue weighted by molar-refractivity contribution is 0.0728. The number of nitrogens with zero attached hydrogens (tertiary/aromatic N) is 1. The predicted octanol–water partition coefficient (Wildman–Crippen LogP) is 4.93. The third-order valence-electron chi connectivity index (χ3n) is 4.97. The summed E-state index contributed by atoms with van der Waals surface area (Å²) in [6.45, 7) is 2.19. The van der Waals surface area contributed by atoms with Crippen LogP contribution in [0.1, 0.15) is 33.2 Å². The van der Waals surface area contributed by atoms with E-state index >= 15 is 0 Å². The Kier molecular flexibility index (Phi) is 6.84. The maximum absolute atomic E-state index is 12.5. The lowest BCUT2D eigenvalue weighted by atomic mass is 10.1. The molecule has 4 aromatic rings. The highest BCUT2D eigenvalue weighted by Crippen LogP contribution is 2.29. The van der Waals surface area contributed by atoms with Gasteiger partial charge in [0.25, 0.3) is 5.91 Å². The van der Waals surface area contributed by atoms with Crippen molar-refractivity contribution in [3.63, 3.8) is 0 Å². The Morgan fingerprint density at radius 2 is 1.62 bits per heavy atom. The van der Waals surface area contributed by atoms with Crippen molar-refractivity contribution in [3.05, 3.63) is 102 Å². The van der Waals surface area contributed by atoms with Gasteiger partial charge >= 0.3 is 5.97 Å². The van der Waals surface area contributed by atoms with Crippen LogP contribution in [0.2, 0.25) is 0 Å². The molecule has 0 aliphatic heterocycles. The minimum atomic E-state index is -0.544. The molecule has 0 spiro atoms. The van der Waals surface area contributed by atoms with Crippen molar-refractivity contribution >= 4 is 28.9 Å². The molecule has 4 aromatic carbocycles. The van der Waals surface area contributed by atoms with Gasteiger partial charge in [0.2, 0.25) is 0 Å². The summed E-state index contributed by atoms with van der Waals surface area (Å²) < 4.78 is 11.1. The summed E-state index contributed by atoms with van der Waals surface area (Å²) in [5, 5.41) is 15.8. The van der Waals surface area contributed by atoms with Gasteiger partial charge in [0.15, 0.2) is 11.5 Å². The number of carbonyl (C=O) groups excluding carboxylic acids is 2. The molecule has 0 aliphatic carbocycles. The van der Waals surface area contributed by atoms with Crippen LogP contribution in [0.15, 0.2) is 90.0 Å². The number of hydrazone groups is 1. The van der Waals surface area contributed by atoms with Crippen LogP contribution >= 0.6 is 0 Å². The third kappa shape index (κ3) is 5.21. The number of esters is 1. The summed E-state index contributed by atoms with van der Waals surface area (Å²) in [7, 11) is 0. The Balaban J connectivity index is 1.47. The topological polar surface area (TPSA) is 97.2 Å². The molecule has 0 saturated heterocycles. The van der Waals surface area contributed by atoms with Gasteiger partial charge in [-0.05, 0) is 65.7 Å². The van der Waals surface area contributed by atoms with Crippen molar-refractivity contribution in [1.29, 1.82) is 0 Å². The van der Waals surface area contributed by atoms with Gasteiger partial charge < -0.3 is 14.6 Å². The monoisotopic (exact) mass is 454 g/mol. The molecule has 170 valence electrons. The van der Waals surface area contributed by atoms with Gasteiger partial charge in [-0.25, -0.2) is 10.2 Å². The van der Waals surface area contributed by atoms with Gasteiger partial charge in [0, 0.05) is 0 Å². The molecule has 0 heterocycles. The molecule has 0 aromatic heterocycles. The zero-order valence-corrected chi connectivity index (χ0v) is 18.4. The van der Waals surface area contributed by atoms with E-state index in [4.69, 9.17) is 9.47 Å². The van der Waals surface area contributed by atoms with Crippen LogP contribution < -0.4 is 14.9 Å². The van der Waals surface area contributed by atoms with Gasteiger partial charge in [-0.15, -0.1) is 0 Å². The van der Waals surface area contributed by atoms with E-state index in [-0.39, 0.29) is 17.1 Å². The maximum Gasteiger partial charge on any atom is 0.343 e. The smallest absolute Gasteiger partial charge is 0.343 e. The minimum Gasteiger partial charge on any atom is -0.507 e. The van der Waals surface area contributed by atoms with E-state index in [1.54, 1.807) is 48.5 Å². The van der Waals surface area contributed by atoms with E-state index in [1.165, 1.54) is 12.3 Å². The van der Waals surface area contributed by atoms with E-state index in [1.807, 2.05) is 37.3 Å². The standard InChI is InChI=1S/C27H22N2O5/c1-2-33-25-14-18(12-13-24(25)34-27(32)19-8-4-3-5-9-19)17-28-29-26(31)22-15-20-10-6-7-11-21(20)16-23(22)30/h3-17,30H,2H2,1H3,(H,29,31)/b28-17+. The number of phenols is 1. The van der Waals surface area contributed by atoms with Gasteiger partial charge in [-0.2, -0.15) is 5.10 Å². The molecular weight excluding hydrogens is 432 g/mol. The molecule has 2 N–H and O–H groups in total. The zero-order chi connectivity index (χ0) is 23.9. The molecule has 1 amide bonds. The first-order valence-corrected chi connectivity index (χ1v) is 10.6. The fourth-order valence-electron chi connectivity index (χ4n) is 3.33. The molecule has 0 bridgehead atoms. The zero-order valence-electron chi connectivity index (χ0n) is 18.4. The van der Waals surface area contributed by atoms with Crippen LogP contribution in [0, 0.1) is 0 Å². The summed E-state index contributed by atoms with van der Waals surface area (Å²) in [6.07, 6.45) is 1.43. The van der Waals surface area contributed by atoms with Crippen LogP contribution in [-0.2, 0) is 0 Å². The number of benzene rings is 4. The van der Waals surface area contributed by atoms with Gasteiger partial charge in [0.1, 0.15) is 5.75 Å². The molecule has 0 unspecified atom stereocenters. The number of rotatable bonds is 7. The summed E-state index contributed by atoms with van der Waals surface area (Å²) >= 11 is 0. The normalized spacial score (nSPS) is 10.9. The van der Waals surface area contributed by atoms with Gasteiger partial charge in [-0.1, -0.05) is 42.5 Å². The number of carbonyl (C=O) groups is 2. The Hall–Kier alpha value is -4.65. The van der Waals surface area contributed by atoms with Crippen molar-refractivity contribution in [2.24, 2.45) is 5.10 Å². The lowest BCUT2D eigenvalue weighted by Gasteiger charge is -2.11. The summed E-state index contributed by atoms with van der Waals surface area (Å²) in [4.78, 5) is 24.9. The van der Waals surface area contributed by atoms with Gasteiger partial charge in [0.05, 0.1) is 23.9 Å². The summed E-state index contributed by atoms with van der Waals surface area (Å²) in [6, 6.07) is 24.2.